The molecule has 0 atom stereocenters. The van der Waals surface area contributed by atoms with E-state index >= 15 is 0 Å². The highest BCUT2D eigenvalue weighted by Gasteiger charge is 1.95. The Hall–Kier alpha value is -0.0100. The average molecular weight is 365 g/mol. The summed E-state index contributed by atoms with van der Waals surface area (Å²) in [6, 6.07) is 0. The molecule has 146 valence electrons. The van der Waals surface area contributed by atoms with Crippen molar-refractivity contribution in [1.82, 2.24) is 0 Å². The maximum Gasteiger partial charge on any atom is 0.0586 e. The summed E-state index contributed by atoms with van der Waals surface area (Å²) in [6.45, 7) is 2.30. The minimum atomic E-state index is 1.03. The van der Waals surface area contributed by atoms with Gasteiger partial charge in [0.15, 0.2) is 0 Å². The predicted molar refractivity (Wildman–Crippen MR) is 117 cm³/mol. The van der Waals surface area contributed by atoms with Crippen molar-refractivity contribution >= 4 is 9.24 Å². The smallest absolute Gasteiger partial charge is 0.0586 e. The van der Waals surface area contributed by atoms with Crippen LogP contribution in [0.15, 0.2) is 0 Å². The fourth-order valence-corrected chi connectivity index (χ4v) is 3.64. The summed E-state index contributed by atoms with van der Waals surface area (Å²) in [5, 5.41) is 0. The number of unbranched alkanes of at least 4 members (excludes halogenated alkanes) is 20. The molecule has 0 aliphatic rings. The van der Waals surface area contributed by atoms with Gasteiger partial charge in [-0.25, -0.2) is 0 Å². The molecule has 0 N–H and O–H groups in total. The van der Waals surface area contributed by atoms with Crippen LogP contribution in [-0.2, 0) is 0 Å². The first-order chi connectivity index (χ1) is 12.4. The molecular weight excluding hydrogens is 319 g/mol. The third-order valence-corrected chi connectivity index (χ3v) is 5.39. The monoisotopic (exact) mass is 364 g/mol. The van der Waals surface area contributed by atoms with Crippen LogP contribution in [0.25, 0.3) is 0 Å². The molecule has 1 heteroatoms. The number of hydrogen-bond acceptors (Lipinski definition) is 0. The normalized spacial score (nSPS) is 10.6. The van der Waals surface area contributed by atoms with Crippen molar-refractivity contribution in [3.05, 3.63) is 0 Å². The fourth-order valence-electron chi connectivity index (χ4n) is 3.52. The van der Waals surface area contributed by atoms with Crippen LogP contribution in [0, 0.1) is 11.6 Å². The standard InChI is InChI=1S/C24H45P/c1-2-3-4-5-6-7-8-9-10-11-12-13-14-15-16-17-18-19-20-21-22-23-24-25/h2-22H2,1H3. The largest absolute Gasteiger partial charge is 0.0979 e. The second-order valence-corrected chi connectivity index (χ2v) is 7.98. The molecule has 0 aromatic heterocycles. The van der Waals surface area contributed by atoms with Crippen LogP contribution in [-0.4, -0.2) is 0 Å². The van der Waals surface area contributed by atoms with E-state index in [1.165, 1.54) is 128 Å². The molecule has 0 amide bonds. The predicted octanol–water partition coefficient (Wildman–Crippen LogP) is 9.57. The zero-order valence-electron chi connectivity index (χ0n) is 17.3. The number of rotatable bonds is 20. The van der Waals surface area contributed by atoms with Crippen molar-refractivity contribution in [3.63, 3.8) is 0 Å². The van der Waals surface area contributed by atoms with Gasteiger partial charge in [-0.2, -0.15) is 0 Å². The van der Waals surface area contributed by atoms with Gasteiger partial charge >= 0.3 is 0 Å². The molecule has 0 unspecified atom stereocenters. The minimum Gasteiger partial charge on any atom is -0.0979 e. The van der Waals surface area contributed by atoms with Crippen LogP contribution in [0.3, 0.4) is 0 Å². The molecule has 0 aliphatic heterocycles. The van der Waals surface area contributed by atoms with Gasteiger partial charge in [-0.15, -0.1) is 0 Å². The molecule has 0 heterocycles. The molecule has 2 radical (unpaired) electrons. The topological polar surface area (TPSA) is 0 Å². The van der Waals surface area contributed by atoms with E-state index in [-0.39, 0.29) is 0 Å². The van der Waals surface area contributed by atoms with Crippen LogP contribution in [0.1, 0.15) is 142 Å². The van der Waals surface area contributed by atoms with Gasteiger partial charge in [0, 0.05) is 6.42 Å². The third kappa shape index (κ3) is 24.0. The molecule has 0 saturated carbocycles. The van der Waals surface area contributed by atoms with Gasteiger partial charge in [0.05, 0.1) is 9.24 Å². The molecule has 0 aliphatic carbocycles. The molecule has 0 bridgehead atoms. The number of hydrogen-bond donors (Lipinski definition) is 0. The molecule has 0 spiro atoms. The van der Waals surface area contributed by atoms with E-state index in [0.29, 0.717) is 0 Å². The van der Waals surface area contributed by atoms with Crippen LogP contribution in [0.2, 0.25) is 0 Å². The second-order valence-electron chi connectivity index (χ2n) is 7.76. The van der Waals surface area contributed by atoms with E-state index in [0.717, 1.165) is 6.42 Å². The SMILES string of the molecule is CCCCCCCCCCCCCCCCCCCCCCC#C[P]. The van der Waals surface area contributed by atoms with E-state index in [1.54, 1.807) is 0 Å². The van der Waals surface area contributed by atoms with Gasteiger partial charge in [0.1, 0.15) is 0 Å². The van der Waals surface area contributed by atoms with Crippen molar-refractivity contribution in [1.29, 1.82) is 0 Å². The minimum absolute atomic E-state index is 1.03. The summed E-state index contributed by atoms with van der Waals surface area (Å²) in [5.41, 5.74) is 2.67. The molecule has 0 saturated heterocycles. The Kier molecular flexibility index (Phi) is 24.0. The molecule has 0 aromatic rings. The summed E-state index contributed by atoms with van der Waals surface area (Å²) in [5.74, 6) is 3.02. The highest BCUT2D eigenvalue weighted by molar-refractivity contribution is 7.23. The lowest BCUT2D eigenvalue weighted by molar-refractivity contribution is 0.522. The quantitative estimate of drug-likeness (QED) is 0.115. The third-order valence-electron chi connectivity index (χ3n) is 5.23. The van der Waals surface area contributed by atoms with Gasteiger partial charge in [0.2, 0.25) is 0 Å². The Morgan fingerprint density at radius 3 is 1.00 bits per heavy atom. The van der Waals surface area contributed by atoms with Gasteiger partial charge < -0.3 is 0 Å². The van der Waals surface area contributed by atoms with Gasteiger partial charge in [-0.1, -0.05) is 141 Å². The van der Waals surface area contributed by atoms with Crippen LogP contribution >= 0.6 is 9.24 Å². The summed E-state index contributed by atoms with van der Waals surface area (Å²) in [7, 11) is 3.90. The maximum absolute atomic E-state index is 3.90. The van der Waals surface area contributed by atoms with Crippen molar-refractivity contribution in [2.75, 3.05) is 0 Å². The lowest BCUT2D eigenvalue weighted by Crippen LogP contribution is -1.84. The molecule has 0 aromatic carbocycles. The maximum atomic E-state index is 3.90. The second kappa shape index (κ2) is 24.0. The van der Waals surface area contributed by atoms with Crippen molar-refractivity contribution in [2.45, 2.75) is 142 Å². The van der Waals surface area contributed by atoms with Crippen molar-refractivity contribution in [2.24, 2.45) is 0 Å². The Morgan fingerprint density at radius 1 is 0.440 bits per heavy atom. The molecule has 0 rings (SSSR count). The van der Waals surface area contributed by atoms with Gasteiger partial charge in [-0.3, -0.25) is 0 Å². The summed E-state index contributed by atoms with van der Waals surface area (Å²) in [6.07, 6.45) is 29.8. The summed E-state index contributed by atoms with van der Waals surface area (Å²) in [4.78, 5) is 0. The van der Waals surface area contributed by atoms with Crippen molar-refractivity contribution in [3.8, 4) is 11.6 Å². The Morgan fingerprint density at radius 2 is 0.720 bits per heavy atom. The zero-order valence-corrected chi connectivity index (χ0v) is 18.2. The molecule has 0 nitrogen and oxygen atoms in total. The Labute approximate surface area is 162 Å². The Bertz CT molecular complexity index is 286. The van der Waals surface area contributed by atoms with Crippen LogP contribution in [0.5, 0.6) is 0 Å². The molecular formula is C24H45P. The Balaban J connectivity index is 2.97. The van der Waals surface area contributed by atoms with Crippen molar-refractivity contribution < 1.29 is 0 Å². The molecule has 25 heavy (non-hydrogen) atoms. The first kappa shape index (κ1) is 25.0. The zero-order chi connectivity index (χ0) is 18.3. The fraction of sp³-hybridized carbons (Fsp3) is 0.917. The van der Waals surface area contributed by atoms with E-state index in [1.807, 2.05) is 0 Å². The summed E-state index contributed by atoms with van der Waals surface area (Å²) < 4.78 is 0. The highest BCUT2D eigenvalue weighted by atomic mass is 31.0. The van der Waals surface area contributed by atoms with E-state index in [2.05, 4.69) is 27.7 Å². The van der Waals surface area contributed by atoms with E-state index in [9.17, 15) is 0 Å². The lowest BCUT2D eigenvalue weighted by atomic mass is 10.0. The molecule has 0 fully saturated rings. The first-order valence-corrected chi connectivity index (χ1v) is 12.0. The van der Waals surface area contributed by atoms with Gasteiger partial charge in [0.25, 0.3) is 0 Å². The summed E-state index contributed by atoms with van der Waals surface area (Å²) >= 11 is 0. The van der Waals surface area contributed by atoms with Crippen LogP contribution < -0.4 is 0 Å². The van der Waals surface area contributed by atoms with Gasteiger partial charge in [-0.05, 0) is 6.42 Å². The average Bonchev–Trinajstić information content (AvgIpc) is 2.63. The van der Waals surface area contributed by atoms with Crippen LogP contribution in [0.4, 0.5) is 0 Å². The first-order valence-electron chi connectivity index (χ1n) is 11.5. The van der Waals surface area contributed by atoms with E-state index < -0.39 is 0 Å². The highest BCUT2D eigenvalue weighted by Crippen LogP contribution is 2.14. The van der Waals surface area contributed by atoms with E-state index in [4.69, 9.17) is 0 Å². The lowest BCUT2D eigenvalue weighted by Gasteiger charge is -2.04.